The molecule has 0 unspecified atom stereocenters. The molecule has 8 nitrogen and oxygen atoms in total. The van der Waals surface area contributed by atoms with Crippen molar-refractivity contribution in [3.05, 3.63) is 95.2 Å². The fourth-order valence-electron chi connectivity index (χ4n) is 5.94. The molecule has 2 amide bonds. The molecule has 1 aromatic heterocycles. The van der Waals surface area contributed by atoms with E-state index in [0.29, 0.717) is 30.1 Å². The summed E-state index contributed by atoms with van der Waals surface area (Å²) >= 11 is 0. The highest BCUT2D eigenvalue weighted by Gasteiger charge is 2.48. The van der Waals surface area contributed by atoms with Gasteiger partial charge in [0, 0.05) is 23.0 Å². The molecule has 3 atom stereocenters. The highest BCUT2D eigenvalue weighted by atomic mass is 16.5. The molecule has 8 heteroatoms. The summed E-state index contributed by atoms with van der Waals surface area (Å²) in [6.07, 6.45) is -0.486. The van der Waals surface area contributed by atoms with Crippen molar-refractivity contribution in [1.29, 1.82) is 0 Å². The van der Waals surface area contributed by atoms with Crippen molar-refractivity contribution >= 4 is 22.7 Å². The third-order valence-electron chi connectivity index (χ3n) is 7.72. The smallest absolute Gasteiger partial charge is 0.246 e. The molecule has 0 aliphatic carbocycles. The molecule has 200 valence electrons. The number of piperazine rings is 1. The Morgan fingerprint density at radius 1 is 1.03 bits per heavy atom. The van der Waals surface area contributed by atoms with Crippen molar-refractivity contribution in [3.8, 4) is 11.5 Å². The van der Waals surface area contributed by atoms with Crippen LogP contribution in [0, 0.1) is 0 Å². The summed E-state index contributed by atoms with van der Waals surface area (Å²) in [7, 11) is 1.59. The summed E-state index contributed by atoms with van der Waals surface area (Å²) in [4.78, 5) is 34.5. The number of aliphatic hydroxyl groups excluding tert-OH is 1. The van der Waals surface area contributed by atoms with E-state index in [-0.39, 0.29) is 24.9 Å². The van der Waals surface area contributed by atoms with Crippen molar-refractivity contribution in [1.82, 2.24) is 14.8 Å². The van der Waals surface area contributed by atoms with Gasteiger partial charge < -0.3 is 29.4 Å². The molecule has 0 saturated carbocycles. The number of benzene rings is 3. The first kappa shape index (κ1) is 25.0. The van der Waals surface area contributed by atoms with Crippen LogP contribution in [0.3, 0.4) is 0 Å². The number of β-amino-alcohol motifs (C(OH)–C–C–N with tert-alkyl or cyclic N) is 1. The third-order valence-corrected chi connectivity index (χ3v) is 7.72. The lowest BCUT2D eigenvalue weighted by Crippen LogP contribution is -2.63. The van der Waals surface area contributed by atoms with Crippen LogP contribution in [-0.2, 0) is 16.0 Å². The first-order valence-electron chi connectivity index (χ1n) is 13.2. The molecular formula is C31H31N3O5. The number of para-hydroxylation sites is 1. The first-order valence-corrected chi connectivity index (χ1v) is 13.2. The molecule has 6 rings (SSSR count). The Balaban J connectivity index is 1.42. The molecule has 39 heavy (non-hydrogen) atoms. The Morgan fingerprint density at radius 2 is 1.79 bits per heavy atom. The number of rotatable bonds is 7. The average Bonchev–Trinajstić information content (AvgIpc) is 3.34. The number of aromatic amines is 1. The van der Waals surface area contributed by atoms with Gasteiger partial charge in [0.05, 0.1) is 39.0 Å². The maximum absolute atomic E-state index is 13.9. The molecule has 2 N–H and O–H groups in total. The van der Waals surface area contributed by atoms with E-state index >= 15 is 0 Å². The van der Waals surface area contributed by atoms with Gasteiger partial charge >= 0.3 is 0 Å². The lowest BCUT2D eigenvalue weighted by Gasteiger charge is -2.47. The zero-order valence-electron chi connectivity index (χ0n) is 22.0. The van der Waals surface area contributed by atoms with Gasteiger partial charge in [-0.2, -0.15) is 0 Å². The number of amides is 2. The van der Waals surface area contributed by atoms with Gasteiger partial charge in [-0.3, -0.25) is 9.59 Å². The van der Waals surface area contributed by atoms with Crippen LogP contribution in [0.5, 0.6) is 11.5 Å². The molecule has 3 heterocycles. The molecule has 0 bridgehead atoms. The SMILES string of the molecule is CCOc1ccc([C@@H]2c3[nH]c4ccccc4c3C[C@H]3C(=O)N(C[C@@H](O)c4ccccc4)CC(=O)N23)cc1OC. The van der Waals surface area contributed by atoms with Gasteiger partial charge in [-0.25, -0.2) is 0 Å². The van der Waals surface area contributed by atoms with Crippen molar-refractivity contribution in [2.45, 2.75) is 31.5 Å². The van der Waals surface area contributed by atoms with Crippen molar-refractivity contribution in [2.24, 2.45) is 0 Å². The number of fused-ring (bicyclic) bond motifs is 4. The van der Waals surface area contributed by atoms with Crippen LogP contribution in [0.25, 0.3) is 10.9 Å². The molecule has 2 aliphatic rings. The van der Waals surface area contributed by atoms with Crippen LogP contribution in [-0.4, -0.2) is 64.6 Å². The molecule has 0 spiro atoms. The van der Waals surface area contributed by atoms with Crippen molar-refractivity contribution in [2.75, 3.05) is 26.8 Å². The number of nitrogens with zero attached hydrogens (tertiary/aromatic N) is 2. The molecule has 2 aliphatic heterocycles. The minimum atomic E-state index is -0.882. The number of nitrogens with one attached hydrogen (secondary N) is 1. The molecular weight excluding hydrogens is 494 g/mol. The average molecular weight is 526 g/mol. The van der Waals surface area contributed by atoms with Crippen LogP contribution in [0.4, 0.5) is 0 Å². The topological polar surface area (TPSA) is 95.1 Å². The van der Waals surface area contributed by atoms with Gasteiger partial charge in [0.1, 0.15) is 6.04 Å². The number of hydrogen-bond donors (Lipinski definition) is 2. The standard InChI is InChI=1S/C31H31N3O5/c1-3-39-26-14-13-20(15-27(26)38-2)30-29-22(21-11-7-8-12-23(21)32-29)16-24-31(37)33(18-28(36)34(24)30)17-25(35)19-9-5-4-6-10-19/h4-15,24-25,30,32,35H,3,16-18H2,1-2H3/t24-,25+,30+/m0/s1. The lowest BCUT2D eigenvalue weighted by molar-refractivity contribution is -0.159. The number of H-pyrrole nitrogens is 1. The predicted molar refractivity (Wildman–Crippen MR) is 147 cm³/mol. The maximum Gasteiger partial charge on any atom is 0.246 e. The highest BCUT2D eigenvalue weighted by Crippen LogP contribution is 2.44. The Kier molecular flexibility index (Phi) is 6.48. The quantitative estimate of drug-likeness (QED) is 0.381. The minimum Gasteiger partial charge on any atom is -0.493 e. The third kappa shape index (κ3) is 4.30. The van der Waals surface area contributed by atoms with E-state index in [0.717, 1.165) is 27.7 Å². The molecule has 4 aromatic rings. The number of hydrogen-bond acceptors (Lipinski definition) is 5. The second-order valence-corrected chi connectivity index (χ2v) is 9.97. The van der Waals surface area contributed by atoms with E-state index in [1.165, 1.54) is 4.90 Å². The van der Waals surface area contributed by atoms with Crippen LogP contribution >= 0.6 is 0 Å². The van der Waals surface area contributed by atoms with Crippen LogP contribution in [0.1, 0.15) is 41.5 Å². The normalized spacial score (nSPS) is 19.6. The largest absolute Gasteiger partial charge is 0.493 e. The fourth-order valence-corrected chi connectivity index (χ4v) is 5.94. The molecule has 3 aromatic carbocycles. The van der Waals surface area contributed by atoms with Gasteiger partial charge in [0.25, 0.3) is 0 Å². The van der Waals surface area contributed by atoms with Gasteiger partial charge in [0.2, 0.25) is 11.8 Å². The summed E-state index contributed by atoms with van der Waals surface area (Å²) in [6.45, 7) is 2.37. The van der Waals surface area contributed by atoms with Crippen molar-refractivity contribution in [3.63, 3.8) is 0 Å². The number of carbonyl (C=O) groups is 2. The second kappa shape index (κ2) is 10.1. The van der Waals surface area contributed by atoms with E-state index in [9.17, 15) is 14.7 Å². The number of carbonyl (C=O) groups excluding carboxylic acids is 2. The minimum absolute atomic E-state index is 0.0568. The highest BCUT2D eigenvalue weighted by molar-refractivity contribution is 5.97. The van der Waals surface area contributed by atoms with Gasteiger partial charge in [0.15, 0.2) is 11.5 Å². The predicted octanol–water partition coefficient (Wildman–Crippen LogP) is 3.99. The zero-order valence-corrected chi connectivity index (χ0v) is 22.0. The van der Waals surface area contributed by atoms with Gasteiger partial charge in [-0.05, 0) is 41.8 Å². The Labute approximate surface area is 226 Å². The summed E-state index contributed by atoms with van der Waals surface area (Å²) in [5, 5.41) is 11.9. The first-order chi connectivity index (χ1) is 19.0. The number of ether oxygens (including phenoxy) is 2. The van der Waals surface area contributed by atoms with Crippen LogP contribution in [0.2, 0.25) is 0 Å². The lowest BCUT2D eigenvalue weighted by atomic mass is 9.86. The summed E-state index contributed by atoms with van der Waals surface area (Å²) in [6, 6.07) is 21.7. The molecule has 0 radical (unpaired) electrons. The summed E-state index contributed by atoms with van der Waals surface area (Å²) in [5.74, 6) is 0.859. The Morgan fingerprint density at radius 3 is 2.56 bits per heavy atom. The van der Waals surface area contributed by atoms with E-state index in [1.54, 1.807) is 12.0 Å². The van der Waals surface area contributed by atoms with Gasteiger partial charge in [-0.15, -0.1) is 0 Å². The van der Waals surface area contributed by atoms with Crippen LogP contribution < -0.4 is 9.47 Å². The van der Waals surface area contributed by atoms with E-state index in [4.69, 9.17) is 9.47 Å². The molecule has 1 saturated heterocycles. The fraction of sp³-hybridized carbons (Fsp3) is 0.290. The Bertz CT molecular complexity index is 1530. The van der Waals surface area contributed by atoms with E-state index in [2.05, 4.69) is 4.98 Å². The second-order valence-electron chi connectivity index (χ2n) is 9.97. The zero-order chi connectivity index (χ0) is 27.1. The number of aliphatic hydroxyl groups is 1. The monoisotopic (exact) mass is 525 g/mol. The van der Waals surface area contributed by atoms with Crippen molar-refractivity contribution < 1.29 is 24.2 Å². The maximum atomic E-state index is 13.9. The summed E-state index contributed by atoms with van der Waals surface area (Å²) in [5.41, 5.74) is 4.42. The van der Waals surface area contributed by atoms with Crippen LogP contribution in [0.15, 0.2) is 72.8 Å². The van der Waals surface area contributed by atoms with Gasteiger partial charge in [-0.1, -0.05) is 54.6 Å². The number of aromatic nitrogens is 1. The summed E-state index contributed by atoms with van der Waals surface area (Å²) < 4.78 is 11.3. The number of methoxy groups -OCH3 is 1. The van der Waals surface area contributed by atoms with E-state index in [1.807, 2.05) is 79.7 Å². The van der Waals surface area contributed by atoms with E-state index < -0.39 is 18.2 Å². The molecule has 1 fully saturated rings. The Hall–Kier alpha value is -4.30.